The van der Waals surface area contributed by atoms with Gasteiger partial charge in [0.1, 0.15) is 5.82 Å². The zero-order valence-corrected chi connectivity index (χ0v) is 13.0. The lowest BCUT2D eigenvalue weighted by Gasteiger charge is -2.19. The number of nitrogens with one attached hydrogen (secondary N) is 1. The van der Waals surface area contributed by atoms with Crippen molar-refractivity contribution in [1.82, 2.24) is 15.5 Å². The molecule has 1 heterocycles. The molecule has 1 aromatic carbocycles. The first kappa shape index (κ1) is 15.6. The summed E-state index contributed by atoms with van der Waals surface area (Å²) in [6.07, 6.45) is 1.66. The second kappa shape index (κ2) is 6.35. The lowest BCUT2D eigenvalue weighted by molar-refractivity contribution is 0.412. The zero-order chi connectivity index (χ0) is 15.5. The van der Waals surface area contributed by atoms with Crippen molar-refractivity contribution in [3.63, 3.8) is 0 Å². The Bertz CT molecular complexity index is 602. The third kappa shape index (κ3) is 4.63. The van der Waals surface area contributed by atoms with Gasteiger partial charge in [0, 0.05) is 17.5 Å². The number of aryl methyl sites for hydroxylation is 2. The average Bonchev–Trinajstić information content (AvgIpc) is 2.86. The van der Waals surface area contributed by atoms with E-state index in [2.05, 4.69) is 36.3 Å². The first-order chi connectivity index (χ1) is 9.85. The number of benzene rings is 1. The standard InChI is InChI=1S/C16H22FN3O/c1-11-10-12(7-8-13(11)17)15-20-19-14(21-15)6-5-9-18-16(2,3)4/h7-8,10,18H,5-6,9H2,1-4H3. The molecule has 1 aromatic heterocycles. The van der Waals surface area contributed by atoms with E-state index in [9.17, 15) is 4.39 Å². The molecule has 0 bridgehead atoms. The molecule has 0 aliphatic heterocycles. The Kier molecular flexibility index (Phi) is 4.73. The summed E-state index contributed by atoms with van der Waals surface area (Å²) in [6.45, 7) is 9.02. The van der Waals surface area contributed by atoms with Gasteiger partial charge in [0.15, 0.2) is 0 Å². The third-order valence-electron chi connectivity index (χ3n) is 3.09. The summed E-state index contributed by atoms with van der Waals surface area (Å²) in [7, 11) is 0. The fourth-order valence-corrected chi connectivity index (χ4v) is 1.95. The Labute approximate surface area is 124 Å². The van der Waals surface area contributed by atoms with E-state index >= 15 is 0 Å². The number of halogens is 1. The first-order valence-electron chi connectivity index (χ1n) is 7.19. The minimum Gasteiger partial charge on any atom is -0.421 e. The number of rotatable bonds is 5. The van der Waals surface area contributed by atoms with Gasteiger partial charge in [0.25, 0.3) is 0 Å². The van der Waals surface area contributed by atoms with Crippen LogP contribution in [0.5, 0.6) is 0 Å². The van der Waals surface area contributed by atoms with Crippen LogP contribution in [0.1, 0.15) is 38.6 Å². The Morgan fingerprint density at radius 2 is 2.00 bits per heavy atom. The molecular weight excluding hydrogens is 269 g/mol. The number of aromatic nitrogens is 2. The van der Waals surface area contributed by atoms with Gasteiger partial charge in [-0.1, -0.05) is 0 Å². The highest BCUT2D eigenvalue weighted by Gasteiger charge is 2.11. The fraction of sp³-hybridized carbons (Fsp3) is 0.500. The summed E-state index contributed by atoms with van der Waals surface area (Å²) in [5, 5.41) is 11.5. The van der Waals surface area contributed by atoms with Crippen molar-refractivity contribution >= 4 is 0 Å². The Morgan fingerprint density at radius 3 is 2.67 bits per heavy atom. The van der Waals surface area contributed by atoms with Crippen molar-refractivity contribution in [3.8, 4) is 11.5 Å². The van der Waals surface area contributed by atoms with Gasteiger partial charge >= 0.3 is 0 Å². The topological polar surface area (TPSA) is 51.0 Å². The molecule has 0 aliphatic rings. The molecule has 0 radical (unpaired) electrons. The van der Waals surface area contributed by atoms with Gasteiger partial charge in [0.2, 0.25) is 11.8 Å². The number of hydrogen-bond donors (Lipinski definition) is 1. The predicted molar refractivity (Wildman–Crippen MR) is 80.5 cm³/mol. The van der Waals surface area contributed by atoms with Crippen LogP contribution in [0.25, 0.3) is 11.5 Å². The summed E-state index contributed by atoms with van der Waals surface area (Å²) in [5.74, 6) is 0.825. The van der Waals surface area contributed by atoms with E-state index in [1.807, 2.05) is 0 Å². The van der Waals surface area contributed by atoms with Crippen LogP contribution in [-0.4, -0.2) is 22.3 Å². The highest BCUT2D eigenvalue weighted by Crippen LogP contribution is 2.20. The van der Waals surface area contributed by atoms with Crippen molar-refractivity contribution in [3.05, 3.63) is 35.5 Å². The van der Waals surface area contributed by atoms with E-state index < -0.39 is 0 Å². The largest absolute Gasteiger partial charge is 0.421 e. The van der Waals surface area contributed by atoms with Gasteiger partial charge < -0.3 is 9.73 Å². The minimum atomic E-state index is -0.230. The Balaban J connectivity index is 1.93. The van der Waals surface area contributed by atoms with Gasteiger partial charge in [-0.3, -0.25) is 0 Å². The molecule has 2 aromatic rings. The third-order valence-corrected chi connectivity index (χ3v) is 3.09. The van der Waals surface area contributed by atoms with Crippen molar-refractivity contribution < 1.29 is 8.81 Å². The molecule has 21 heavy (non-hydrogen) atoms. The molecule has 0 saturated carbocycles. The smallest absolute Gasteiger partial charge is 0.247 e. The molecule has 0 aliphatic carbocycles. The van der Waals surface area contributed by atoms with Crippen molar-refractivity contribution in [1.29, 1.82) is 0 Å². The molecule has 0 unspecified atom stereocenters. The lowest BCUT2D eigenvalue weighted by Crippen LogP contribution is -2.36. The molecule has 0 atom stereocenters. The minimum absolute atomic E-state index is 0.117. The first-order valence-corrected chi connectivity index (χ1v) is 7.19. The van der Waals surface area contributed by atoms with Gasteiger partial charge in [-0.05, 0) is 64.4 Å². The number of hydrogen-bond acceptors (Lipinski definition) is 4. The summed E-state index contributed by atoms with van der Waals surface area (Å²) in [4.78, 5) is 0. The van der Waals surface area contributed by atoms with Crippen LogP contribution >= 0.6 is 0 Å². The van der Waals surface area contributed by atoms with Gasteiger partial charge in [-0.2, -0.15) is 0 Å². The van der Waals surface area contributed by atoms with E-state index in [0.29, 0.717) is 17.3 Å². The molecule has 0 fully saturated rings. The molecule has 5 heteroatoms. The summed E-state index contributed by atoms with van der Waals surface area (Å²) in [6, 6.07) is 4.79. The van der Waals surface area contributed by atoms with Crippen LogP contribution in [0.2, 0.25) is 0 Å². The summed E-state index contributed by atoms with van der Waals surface area (Å²) < 4.78 is 18.9. The van der Waals surface area contributed by atoms with Crippen molar-refractivity contribution in [2.75, 3.05) is 6.54 Å². The van der Waals surface area contributed by atoms with Crippen LogP contribution in [0.3, 0.4) is 0 Å². The monoisotopic (exact) mass is 291 g/mol. The highest BCUT2D eigenvalue weighted by molar-refractivity contribution is 5.53. The zero-order valence-electron chi connectivity index (χ0n) is 13.0. The van der Waals surface area contributed by atoms with Crippen LogP contribution in [0.15, 0.2) is 22.6 Å². The predicted octanol–water partition coefficient (Wildman–Crippen LogP) is 3.50. The van der Waals surface area contributed by atoms with Crippen LogP contribution < -0.4 is 5.32 Å². The lowest BCUT2D eigenvalue weighted by atomic mass is 10.1. The average molecular weight is 291 g/mol. The normalized spacial score (nSPS) is 11.9. The maximum atomic E-state index is 13.2. The molecular formula is C16H22FN3O. The van der Waals surface area contributed by atoms with Crippen molar-refractivity contribution in [2.45, 2.75) is 46.1 Å². The van der Waals surface area contributed by atoms with E-state index in [1.54, 1.807) is 19.1 Å². The van der Waals surface area contributed by atoms with Crippen LogP contribution in [-0.2, 0) is 6.42 Å². The van der Waals surface area contributed by atoms with Crippen LogP contribution in [0.4, 0.5) is 4.39 Å². The molecule has 1 N–H and O–H groups in total. The van der Waals surface area contributed by atoms with E-state index in [4.69, 9.17) is 4.42 Å². The Morgan fingerprint density at radius 1 is 1.24 bits per heavy atom. The highest BCUT2D eigenvalue weighted by atomic mass is 19.1. The molecule has 2 rings (SSSR count). The molecule has 4 nitrogen and oxygen atoms in total. The second-order valence-electron chi connectivity index (χ2n) is 6.25. The second-order valence-corrected chi connectivity index (χ2v) is 6.25. The fourth-order valence-electron chi connectivity index (χ4n) is 1.95. The number of nitrogens with zero attached hydrogens (tertiary/aromatic N) is 2. The molecule has 0 spiro atoms. The summed E-state index contributed by atoms with van der Waals surface area (Å²) in [5.41, 5.74) is 1.44. The SMILES string of the molecule is Cc1cc(-c2nnc(CCCNC(C)(C)C)o2)ccc1F. The molecule has 114 valence electrons. The van der Waals surface area contributed by atoms with Crippen molar-refractivity contribution in [2.24, 2.45) is 0 Å². The van der Waals surface area contributed by atoms with Gasteiger partial charge in [-0.25, -0.2) is 4.39 Å². The quantitative estimate of drug-likeness (QED) is 0.857. The van der Waals surface area contributed by atoms with Gasteiger partial charge in [0.05, 0.1) is 0 Å². The molecule has 0 saturated heterocycles. The molecule has 0 amide bonds. The van der Waals surface area contributed by atoms with E-state index in [1.165, 1.54) is 6.07 Å². The maximum Gasteiger partial charge on any atom is 0.247 e. The Hall–Kier alpha value is -1.75. The summed E-state index contributed by atoms with van der Waals surface area (Å²) >= 11 is 0. The van der Waals surface area contributed by atoms with E-state index in [0.717, 1.165) is 24.9 Å². The van der Waals surface area contributed by atoms with Gasteiger partial charge in [-0.15, -0.1) is 10.2 Å². The van der Waals surface area contributed by atoms with E-state index in [-0.39, 0.29) is 11.4 Å². The van der Waals surface area contributed by atoms with Crippen LogP contribution in [0, 0.1) is 12.7 Å². The maximum absolute atomic E-state index is 13.2.